The van der Waals surface area contributed by atoms with Crippen LogP contribution >= 0.6 is 11.6 Å². The quantitative estimate of drug-likeness (QED) is 0.549. The van der Waals surface area contributed by atoms with Gasteiger partial charge in [0.2, 0.25) is 0 Å². The van der Waals surface area contributed by atoms with Crippen LogP contribution in [-0.4, -0.2) is 16.3 Å². The van der Waals surface area contributed by atoms with E-state index in [1.54, 1.807) is 47.2 Å². The maximum absolute atomic E-state index is 12.5. The summed E-state index contributed by atoms with van der Waals surface area (Å²) in [7, 11) is 0. The average Bonchev–Trinajstić information content (AvgIpc) is 3.06. The van der Waals surface area contributed by atoms with Gasteiger partial charge in [0.15, 0.2) is 0 Å². The van der Waals surface area contributed by atoms with Gasteiger partial charge in [0.05, 0.1) is 5.69 Å². The summed E-state index contributed by atoms with van der Waals surface area (Å²) in [5, 5.41) is 3.16. The molecular formula is C20H17ClN2O2. The molecule has 5 heteroatoms. The molecule has 1 amide bonds. The number of aryl methyl sites for hydroxylation is 1. The van der Waals surface area contributed by atoms with E-state index >= 15 is 0 Å². The summed E-state index contributed by atoms with van der Waals surface area (Å²) in [4.78, 5) is 24.7. The monoisotopic (exact) mass is 352 g/mol. The van der Waals surface area contributed by atoms with Gasteiger partial charge in [0.25, 0.3) is 11.7 Å². The summed E-state index contributed by atoms with van der Waals surface area (Å²) in [5.41, 5.74) is 3.12. The van der Waals surface area contributed by atoms with Crippen molar-refractivity contribution in [1.29, 1.82) is 0 Å². The van der Waals surface area contributed by atoms with Crippen molar-refractivity contribution in [3.8, 4) is 0 Å². The summed E-state index contributed by atoms with van der Waals surface area (Å²) in [5.74, 6) is -1.25. The first-order chi connectivity index (χ1) is 12.0. The molecule has 0 radical (unpaired) electrons. The molecule has 0 unspecified atom stereocenters. The average molecular weight is 353 g/mol. The van der Waals surface area contributed by atoms with Crippen LogP contribution in [0.15, 0.2) is 66.9 Å². The van der Waals surface area contributed by atoms with Crippen LogP contribution < -0.4 is 5.32 Å². The minimum absolute atomic E-state index is 0.354. The molecule has 25 heavy (non-hydrogen) atoms. The lowest BCUT2D eigenvalue weighted by Crippen LogP contribution is -2.25. The van der Waals surface area contributed by atoms with Gasteiger partial charge in [-0.25, -0.2) is 0 Å². The van der Waals surface area contributed by atoms with E-state index in [-0.39, 0.29) is 0 Å². The Bertz CT molecular complexity index is 896. The molecule has 3 rings (SSSR count). The molecule has 1 aromatic heterocycles. The van der Waals surface area contributed by atoms with Crippen molar-refractivity contribution >= 4 is 29.0 Å². The van der Waals surface area contributed by atoms with Crippen molar-refractivity contribution in [3.05, 3.63) is 88.7 Å². The molecule has 0 spiro atoms. The van der Waals surface area contributed by atoms with Gasteiger partial charge in [-0.3, -0.25) is 9.59 Å². The van der Waals surface area contributed by atoms with E-state index in [4.69, 9.17) is 11.6 Å². The van der Waals surface area contributed by atoms with Crippen LogP contribution in [0.4, 0.5) is 5.69 Å². The third-order valence-electron chi connectivity index (χ3n) is 3.84. The number of aromatic nitrogens is 1. The second-order valence-corrected chi connectivity index (χ2v) is 6.23. The number of amides is 1. The van der Waals surface area contributed by atoms with Crippen LogP contribution in [0.5, 0.6) is 0 Å². The number of nitrogens with one attached hydrogen (secondary N) is 1. The molecule has 1 heterocycles. The fourth-order valence-corrected chi connectivity index (χ4v) is 2.61. The number of anilines is 1. The minimum atomic E-state index is -0.675. The van der Waals surface area contributed by atoms with Crippen molar-refractivity contribution in [2.45, 2.75) is 13.5 Å². The van der Waals surface area contributed by atoms with E-state index in [1.165, 1.54) is 5.56 Å². The Morgan fingerprint density at radius 3 is 2.36 bits per heavy atom. The Balaban J connectivity index is 1.74. The maximum Gasteiger partial charge on any atom is 0.298 e. The summed E-state index contributed by atoms with van der Waals surface area (Å²) in [6, 6.07) is 18.1. The van der Waals surface area contributed by atoms with Gasteiger partial charge in [-0.15, -0.1) is 0 Å². The van der Waals surface area contributed by atoms with Crippen molar-refractivity contribution in [2.24, 2.45) is 0 Å². The highest BCUT2D eigenvalue weighted by atomic mass is 35.5. The molecule has 4 nitrogen and oxygen atoms in total. The number of rotatable bonds is 5. The van der Waals surface area contributed by atoms with E-state index in [0.29, 0.717) is 22.9 Å². The summed E-state index contributed by atoms with van der Waals surface area (Å²) in [6.07, 6.45) is 1.79. The van der Waals surface area contributed by atoms with Crippen LogP contribution in [0.3, 0.4) is 0 Å². The lowest BCUT2D eigenvalue weighted by Gasteiger charge is -2.09. The van der Waals surface area contributed by atoms with E-state index in [2.05, 4.69) is 5.32 Å². The van der Waals surface area contributed by atoms with E-state index in [1.807, 2.05) is 31.2 Å². The number of Topliss-reactive ketones (excluding diaryl/α,β-unsaturated/α-hetero) is 1. The molecule has 0 bridgehead atoms. The zero-order valence-electron chi connectivity index (χ0n) is 13.7. The van der Waals surface area contributed by atoms with Gasteiger partial charge in [-0.2, -0.15) is 0 Å². The second kappa shape index (κ2) is 7.36. The SMILES string of the molecule is Cc1ccc(Cn2cccc2C(=O)C(=O)Nc2ccc(Cl)cc2)cc1. The third kappa shape index (κ3) is 4.17. The largest absolute Gasteiger partial charge is 0.340 e. The van der Waals surface area contributed by atoms with Gasteiger partial charge in [0, 0.05) is 23.5 Å². The van der Waals surface area contributed by atoms with E-state index in [9.17, 15) is 9.59 Å². The number of hydrogen-bond acceptors (Lipinski definition) is 2. The Labute approximate surface area is 151 Å². The Kier molecular flexibility index (Phi) is 5.00. The fraction of sp³-hybridized carbons (Fsp3) is 0.100. The molecule has 0 saturated carbocycles. The van der Waals surface area contributed by atoms with Crippen LogP contribution in [0.25, 0.3) is 0 Å². The Morgan fingerprint density at radius 2 is 1.68 bits per heavy atom. The summed E-state index contributed by atoms with van der Waals surface area (Å²) in [6.45, 7) is 2.55. The van der Waals surface area contributed by atoms with Gasteiger partial charge in [-0.05, 0) is 48.9 Å². The number of nitrogens with zero attached hydrogens (tertiary/aromatic N) is 1. The van der Waals surface area contributed by atoms with Crippen LogP contribution in [0.2, 0.25) is 5.02 Å². The predicted molar refractivity (Wildman–Crippen MR) is 99.1 cm³/mol. The standard InChI is InChI=1S/C20H17ClN2O2/c1-14-4-6-15(7-5-14)13-23-12-2-3-18(23)19(24)20(25)22-17-10-8-16(21)9-11-17/h2-12H,13H2,1H3,(H,22,25). The number of halogens is 1. The van der Waals surface area contributed by atoms with Crippen LogP contribution in [0.1, 0.15) is 21.6 Å². The maximum atomic E-state index is 12.5. The Hall–Kier alpha value is -2.85. The lowest BCUT2D eigenvalue weighted by atomic mass is 10.1. The second-order valence-electron chi connectivity index (χ2n) is 5.80. The molecule has 0 aliphatic carbocycles. The fourth-order valence-electron chi connectivity index (χ4n) is 2.49. The molecular weight excluding hydrogens is 336 g/mol. The lowest BCUT2D eigenvalue weighted by molar-refractivity contribution is -0.112. The van der Waals surface area contributed by atoms with Gasteiger partial charge in [0.1, 0.15) is 0 Å². The molecule has 0 fully saturated rings. The van der Waals surface area contributed by atoms with Gasteiger partial charge < -0.3 is 9.88 Å². The minimum Gasteiger partial charge on any atom is -0.340 e. The van der Waals surface area contributed by atoms with Crippen LogP contribution in [-0.2, 0) is 11.3 Å². The topological polar surface area (TPSA) is 51.1 Å². The molecule has 0 saturated heterocycles. The number of carbonyl (C=O) groups excluding carboxylic acids is 2. The van der Waals surface area contributed by atoms with E-state index in [0.717, 1.165) is 5.56 Å². The first kappa shape index (κ1) is 17.0. The van der Waals surface area contributed by atoms with Gasteiger partial charge in [-0.1, -0.05) is 41.4 Å². The smallest absolute Gasteiger partial charge is 0.298 e. The molecule has 1 N–H and O–H groups in total. The zero-order valence-corrected chi connectivity index (χ0v) is 14.5. The number of hydrogen-bond donors (Lipinski definition) is 1. The Morgan fingerprint density at radius 1 is 1.00 bits per heavy atom. The molecule has 126 valence electrons. The first-order valence-corrected chi connectivity index (χ1v) is 8.22. The molecule has 3 aromatic rings. The summed E-state index contributed by atoms with van der Waals surface area (Å²) < 4.78 is 1.77. The highest BCUT2D eigenvalue weighted by Crippen LogP contribution is 2.15. The van der Waals surface area contributed by atoms with Crippen molar-refractivity contribution in [2.75, 3.05) is 5.32 Å². The normalized spacial score (nSPS) is 10.5. The van der Waals surface area contributed by atoms with Crippen LogP contribution in [0, 0.1) is 6.92 Å². The molecule has 0 aliphatic rings. The van der Waals surface area contributed by atoms with Crippen molar-refractivity contribution < 1.29 is 9.59 Å². The number of carbonyl (C=O) groups is 2. The summed E-state index contributed by atoms with van der Waals surface area (Å²) >= 11 is 5.82. The molecule has 2 aromatic carbocycles. The number of ketones is 1. The van der Waals surface area contributed by atoms with Gasteiger partial charge >= 0.3 is 0 Å². The number of benzene rings is 2. The van der Waals surface area contributed by atoms with Crippen molar-refractivity contribution in [3.63, 3.8) is 0 Å². The molecule has 0 atom stereocenters. The van der Waals surface area contributed by atoms with Crippen molar-refractivity contribution in [1.82, 2.24) is 4.57 Å². The zero-order chi connectivity index (χ0) is 17.8. The predicted octanol–water partition coefficient (Wildman–Crippen LogP) is 4.32. The van der Waals surface area contributed by atoms with E-state index < -0.39 is 11.7 Å². The highest BCUT2D eigenvalue weighted by Gasteiger charge is 2.19. The third-order valence-corrected chi connectivity index (χ3v) is 4.10. The highest BCUT2D eigenvalue weighted by molar-refractivity contribution is 6.46. The molecule has 0 aliphatic heterocycles. The first-order valence-electron chi connectivity index (χ1n) is 7.85.